The third-order valence-corrected chi connectivity index (χ3v) is 3.39. The fourth-order valence-corrected chi connectivity index (χ4v) is 2.41. The van der Waals surface area contributed by atoms with Crippen LogP contribution in [0.2, 0.25) is 0 Å². The van der Waals surface area contributed by atoms with E-state index in [9.17, 15) is 9.18 Å². The Morgan fingerprint density at radius 2 is 1.83 bits per heavy atom. The van der Waals surface area contributed by atoms with Crippen molar-refractivity contribution in [3.8, 4) is 11.1 Å². The summed E-state index contributed by atoms with van der Waals surface area (Å²) in [6.07, 6.45) is 0. The fraction of sp³-hybridized carbons (Fsp3) is 0.0714. The van der Waals surface area contributed by atoms with Gasteiger partial charge in [0.15, 0.2) is 0 Å². The summed E-state index contributed by atoms with van der Waals surface area (Å²) in [5, 5.41) is 0. The first kappa shape index (κ1) is 12.8. The second kappa shape index (κ2) is 4.90. The van der Waals surface area contributed by atoms with Crippen LogP contribution in [0.1, 0.15) is 15.9 Å². The normalized spacial score (nSPS) is 10.4. The van der Waals surface area contributed by atoms with Crippen molar-refractivity contribution >= 4 is 21.8 Å². The van der Waals surface area contributed by atoms with E-state index in [0.29, 0.717) is 5.56 Å². The number of halogens is 2. The quantitative estimate of drug-likeness (QED) is 0.904. The molecule has 0 saturated heterocycles. The zero-order chi connectivity index (χ0) is 13.3. The van der Waals surface area contributed by atoms with E-state index in [4.69, 9.17) is 5.73 Å². The molecular weight excluding hydrogens is 297 g/mol. The van der Waals surface area contributed by atoms with Gasteiger partial charge in [0.2, 0.25) is 5.91 Å². The molecule has 0 bridgehead atoms. The van der Waals surface area contributed by atoms with Gasteiger partial charge in [0, 0.05) is 10.0 Å². The van der Waals surface area contributed by atoms with E-state index >= 15 is 0 Å². The van der Waals surface area contributed by atoms with E-state index in [2.05, 4.69) is 15.9 Å². The van der Waals surface area contributed by atoms with Crippen LogP contribution >= 0.6 is 15.9 Å². The third-order valence-electron chi connectivity index (χ3n) is 2.73. The number of carbonyl (C=O) groups is 1. The lowest BCUT2D eigenvalue weighted by molar-refractivity contribution is 0.100. The van der Waals surface area contributed by atoms with Crippen LogP contribution in [0.3, 0.4) is 0 Å². The Balaban J connectivity index is 2.54. The Bertz CT molecular complexity index is 625. The molecule has 0 heterocycles. The number of nitrogens with two attached hydrogens (primary N) is 1. The number of amides is 1. The Hall–Kier alpha value is -1.68. The summed E-state index contributed by atoms with van der Waals surface area (Å²) in [7, 11) is 0. The van der Waals surface area contributed by atoms with Crippen molar-refractivity contribution in [2.45, 2.75) is 6.92 Å². The molecule has 1 amide bonds. The number of rotatable bonds is 2. The molecule has 0 saturated carbocycles. The monoisotopic (exact) mass is 307 g/mol. The predicted octanol–water partition coefficient (Wildman–Crippen LogP) is 3.66. The van der Waals surface area contributed by atoms with E-state index in [1.165, 1.54) is 12.1 Å². The minimum absolute atomic E-state index is 0.263. The zero-order valence-corrected chi connectivity index (χ0v) is 11.3. The van der Waals surface area contributed by atoms with Gasteiger partial charge in [-0.3, -0.25) is 4.79 Å². The molecule has 0 spiro atoms. The van der Waals surface area contributed by atoms with Crippen LogP contribution in [0.5, 0.6) is 0 Å². The third kappa shape index (κ3) is 2.43. The highest BCUT2D eigenvalue weighted by molar-refractivity contribution is 9.10. The maximum Gasteiger partial charge on any atom is 0.248 e. The Morgan fingerprint density at radius 1 is 1.17 bits per heavy atom. The summed E-state index contributed by atoms with van der Waals surface area (Å²) in [6, 6.07) is 9.73. The van der Waals surface area contributed by atoms with Gasteiger partial charge in [-0.2, -0.15) is 0 Å². The van der Waals surface area contributed by atoms with Crippen molar-refractivity contribution in [3.05, 3.63) is 57.8 Å². The smallest absolute Gasteiger partial charge is 0.248 e. The zero-order valence-electron chi connectivity index (χ0n) is 9.71. The van der Waals surface area contributed by atoms with Gasteiger partial charge < -0.3 is 5.73 Å². The molecule has 0 aliphatic heterocycles. The Kier molecular flexibility index (Phi) is 3.48. The number of hydrogen-bond acceptors (Lipinski definition) is 1. The molecule has 2 rings (SSSR count). The minimum atomic E-state index is -0.474. The van der Waals surface area contributed by atoms with Crippen molar-refractivity contribution in [2.24, 2.45) is 5.73 Å². The molecule has 18 heavy (non-hydrogen) atoms. The molecule has 2 nitrogen and oxygen atoms in total. The molecule has 0 aromatic heterocycles. The summed E-state index contributed by atoms with van der Waals surface area (Å²) in [6.45, 7) is 1.84. The molecule has 0 unspecified atom stereocenters. The summed E-state index contributed by atoms with van der Waals surface area (Å²) < 4.78 is 13.8. The fourth-order valence-electron chi connectivity index (χ4n) is 1.82. The van der Waals surface area contributed by atoms with E-state index in [1.54, 1.807) is 24.3 Å². The summed E-state index contributed by atoms with van der Waals surface area (Å²) in [5.41, 5.74) is 8.30. The van der Waals surface area contributed by atoms with Gasteiger partial charge in [-0.15, -0.1) is 0 Å². The lowest BCUT2D eigenvalue weighted by Gasteiger charge is -2.09. The van der Waals surface area contributed by atoms with E-state index < -0.39 is 5.91 Å². The van der Waals surface area contributed by atoms with E-state index in [1.807, 2.05) is 6.92 Å². The minimum Gasteiger partial charge on any atom is -0.366 e. The molecule has 2 N–H and O–H groups in total. The lowest BCUT2D eigenvalue weighted by Crippen LogP contribution is -2.10. The van der Waals surface area contributed by atoms with Gasteiger partial charge in [0.25, 0.3) is 0 Å². The van der Waals surface area contributed by atoms with Gasteiger partial charge in [0.1, 0.15) is 5.82 Å². The molecule has 0 radical (unpaired) electrons. The number of hydrogen-bond donors (Lipinski definition) is 1. The van der Waals surface area contributed by atoms with Crippen LogP contribution in [0.15, 0.2) is 40.9 Å². The predicted molar refractivity (Wildman–Crippen MR) is 72.8 cm³/mol. The average Bonchev–Trinajstić information content (AvgIpc) is 2.30. The molecule has 0 fully saturated rings. The second-order valence-corrected chi connectivity index (χ2v) is 4.87. The highest BCUT2D eigenvalue weighted by Gasteiger charge is 2.09. The number of aryl methyl sites for hydroxylation is 1. The van der Waals surface area contributed by atoms with Crippen molar-refractivity contribution in [1.82, 2.24) is 0 Å². The maximum absolute atomic E-state index is 13.1. The first-order chi connectivity index (χ1) is 8.49. The first-order valence-electron chi connectivity index (χ1n) is 5.35. The van der Waals surface area contributed by atoms with Crippen molar-refractivity contribution < 1.29 is 9.18 Å². The molecule has 2 aromatic carbocycles. The van der Waals surface area contributed by atoms with Crippen molar-refractivity contribution in [2.75, 3.05) is 0 Å². The van der Waals surface area contributed by atoms with Crippen LogP contribution in [-0.4, -0.2) is 5.91 Å². The highest BCUT2D eigenvalue weighted by Crippen LogP contribution is 2.31. The summed E-state index contributed by atoms with van der Waals surface area (Å²) in [5.74, 6) is -0.737. The number of carbonyl (C=O) groups excluding carboxylic acids is 1. The van der Waals surface area contributed by atoms with Crippen LogP contribution in [0, 0.1) is 12.7 Å². The molecular formula is C14H11BrFNO. The molecule has 0 aliphatic rings. The van der Waals surface area contributed by atoms with Gasteiger partial charge in [-0.05, 0) is 47.9 Å². The molecule has 4 heteroatoms. The van der Waals surface area contributed by atoms with Gasteiger partial charge in [0.05, 0.1) is 0 Å². The van der Waals surface area contributed by atoms with Crippen LogP contribution in [-0.2, 0) is 0 Å². The number of benzene rings is 2. The molecule has 2 aromatic rings. The van der Waals surface area contributed by atoms with Crippen LogP contribution < -0.4 is 5.73 Å². The van der Waals surface area contributed by atoms with Crippen LogP contribution in [0.4, 0.5) is 4.39 Å². The Morgan fingerprint density at radius 3 is 2.39 bits per heavy atom. The molecule has 0 atom stereocenters. The van der Waals surface area contributed by atoms with Crippen molar-refractivity contribution in [1.29, 1.82) is 0 Å². The standard InChI is InChI=1S/C14H11BrFNO/c1-8-6-10(16)3-5-11(8)12-4-2-9(14(17)18)7-13(12)15/h2-7H,1H3,(H2,17,18). The van der Waals surface area contributed by atoms with Crippen LogP contribution in [0.25, 0.3) is 11.1 Å². The Labute approximate surface area is 113 Å². The first-order valence-corrected chi connectivity index (χ1v) is 6.14. The van der Waals surface area contributed by atoms with Gasteiger partial charge >= 0.3 is 0 Å². The number of primary amides is 1. The maximum atomic E-state index is 13.1. The topological polar surface area (TPSA) is 43.1 Å². The lowest BCUT2D eigenvalue weighted by atomic mass is 9.99. The SMILES string of the molecule is Cc1cc(F)ccc1-c1ccc(C(N)=O)cc1Br. The van der Waals surface area contributed by atoms with Gasteiger partial charge in [-0.25, -0.2) is 4.39 Å². The molecule has 0 aliphatic carbocycles. The van der Waals surface area contributed by atoms with Gasteiger partial charge in [-0.1, -0.05) is 28.1 Å². The van der Waals surface area contributed by atoms with E-state index in [0.717, 1.165) is 21.2 Å². The average molecular weight is 308 g/mol. The summed E-state index contributed by atoms with van der Waals surface area (Å²) in [4.78, 5) is 11.1. The highest BCUT2D eigenvalue weighted by atomic mass is 79.9. The summed E-state index contributed by atoms with van der Waals surface area (Å²) >= 11 is 3.40. The second-order valence-electron chi connectivity index (χ2n) is 4.02. The molecule has 92 valence electrons. The largest absolute Gasteiger partial charge is 0.366 e. The van der Waals surface area contributed by atoms with Crippen molar-refractivity contribution in [3.63, 3.8) is 0 Å². The van der Waals surface area contributed by atoms with E-state index in [-0.39, 0.29) is 5.82 Å².